The average Bonchev–Trinajstić information content (AvgIpc) is 2.43. The van der Waals surface area contributed by atoms with Gasteiger partial charge in [-0.1, -0.05) is 30.1 Å². The van der Waals surface area contributed by atoms with Crippen molar-refractivity contribution in [1.29, 1.82) is 0 Å². The average molecular weight is 268 g/mol. The Hall–Kier alpha value is -1.61. The fraction of sp³-hybridized carbons (Fsp3) is 0.500. The summed E-state index contributed by atoms with van der Waals surface area (Å²) in [7, 11) is 1.54. The number of aliphatic hydroxyl groups is 2. The van der Waals surface area contributed by atoms with Gasteiger partial charge in [-0.3, -0.25) is 0 Å². The first kappa shape index (κ1) is 17.4. The highest BCUT2D eigenvalue weighted by atomic mass is 16.5. The van der Waals surface area contributed by atoms with Gasteiger partial charge in [0.25, 0.3) is 0 Å². The van der Waals surface area contributed by atoms with Crippen molar-refractivity contribution in [3.63, 3.8) is 0 Å². The van der Waals surface area contributed by atoms with E-state index in [0.29, 0.717) is 12.8 Å². The molecule has 0 aromatic rings. The monoisotopic (exact) mass is 268 g/mol. The maximum absolute atomic E-state index is 11.2. The lowest BCUT2D eigenvalue weighted by atomic mass is 10.2. The molecule has 106 valence electrons. The third-order valence-corrected chi connectivity index (χ3v) is 2.04. The minimum Gasteiger partial charge on any atom is -0.449 e. The molecule has 19 heavy (non-hydrogen) atoms. The van der Waals surface area contributed by atoms with Crippen molar-refractivity contribution in [3.8, 4) is 11.8 Å². The number of allylic oxidation sites excluding steroid dienone is 2. The van der Waals surface area contributed by atoms with Crippen LogP contribution in [0.25, 0.3) is 0 Å². The second-order valence-corrected chi connectivity index (χ2v) is 3.49. The van der Waals surface area contributed by atoms with Crippen LogP contribution in [-0.2, 0) is 14.3 Å². The Bertz CT molecular complexity index is 349. The lowest BCUT2D eigenvalue weighted by molar-refractivity contribution is -0.136. The smallest absolute Gasteiger partial charge is 0.331 e. The summed E-state index contributed by atoms with van der Waals surface area (Å²) in [5, 5.41) is 17.1. The van der Waals surface area contributed by atoms with E-state index in [4.69, 9.17) is 19.7 Å². The van der Waals surface area contributed by atoms with Crippen molar-refractivity contribution in [2.45, 2.75) is 18.9 Å². The number of carbonyl (C=O) groups excluding carboxylic acids is 1. The highest BCUT2D eigenvalue weighted by Gasteiger charge is 2.01. The van der Waals surface area contributed by atoms with Crippen LogP contribution in [0.5, 0.6) is 0 Å². The molecule has 0 aliphatic heterocycles. The first-order valence-corrected chi connectivity index (χ1v) is 5.97. The zero-order chi connectivity index (χ0) is 14.3. The topological polar surface area (TPSA) is 76.0 Å². The molecule has 0 radical (unpaired) electrons. The van der Waals surface area contributed by atoms with E-state index in [0.717, 1.165) is 0 Å². The molecule has 5 nitrogen and oxygen atoms in total. The highest BCUT2D eigenvalue weighted by molar-refractivity contribution is 5.82. The first-order chi connectivity index (χ1) is 9.24. The molecule has 0 fully saturated rings. The third-order valence-electron chi connectivity index (χ3n) is 2.04. The van der Waals surface area contributed by atoms with Gasteiger partial charge in [-0.15, -0.1) is 0 Å². The van der Waals surface area contributed by atoms with Crippen LogP contribution >= 0.6 is 0 Å². The Morgan fingerprint density at radius 2 is 2.16 bits per heavy atom. The second-order valence-electron chi connectivity index (χ2n) is 3.49. The van der Waals surface area contributed by atoms with Gasteiger partial charge in [-0.2, -0.15) is 0 Å². The Labute approximate surface area is 113 Å². The molecule has 0 saturated heterocycles. The molecular weight excluding hydrogens is 248 g/mol. The van der Waals surface area contributed by atoms with E-state index in [9.17, 15) is 4.79 Å². The maximum Gasteiger partial charge on any atom is 0.331 e. The fourth-order valence-corrected chi connectivity index (χ4v) is 1.11. The van der Waals surface area contributed by atoms with Crippen LogP contribution in [0.15, 0.2) is 24.3 Å². The maximum atomic E-state index is 11.2. The lowest BCUT2D eigenvalue weighted by Crippen LogP contribution is -2.09. The molecule has 0 heterocycles. The zero-order valence-corrected chi connectivity index (χ0v) is 11.0. The van der Waals surface area contributed by atoms with Crippen molar-refractivity contribution >= 4 is 5.97 Å². The number of hydrogen-bond donors (Lipinski definition) is 2. The summed E-state index contributed by atoms with van der Waals surface area (Å²) < 4.78 is 9.90. The molecule has 1 unspecified atom stereocenters. The van der Waals surface area contributed by atoms with Gasteiger partial charge in [-0.05, 0) is 12.8 Å². The summed E-state index contributed by atoms with van der Waals surface area (Å²) in [5.74, 6) is 4.99. The van der Waals surface area contributed by atoms with Crippen LogP contribution in [0, 0.1) is 11.8 Å². The molecule has 0 aromatic heterocycles. The number of ether oxygens (including phenoxy) is 2. The summed E-state index contributed by atoms with van der Waals surface area (Å²) in [6.45, 7) is 0.0195. The predicted molar refractivity (Wildman–Crippen MR) is 71.2 cm³/mol. The van der Waals surface area contributed by atoms with Crippen molar-refractivity contribution in [3.05, 3.63) is 24.3 Å². The Balaban J connectivity index is 3.91. The van der Waals surface area contributed by atoms with Gasteiger partial charge in [0.05, 0.1) is 6.61 Å². The normalized spacial score (nSPS) is 12.4. The van der Waals surface area contributed by atoms with E-state index in [1.54, 1.807) is 13.2 Å². The molecule has 0 rings (SSSR count). The number of aliphatic hydroxyl groups excluding tert-OH is 2. The molecular formula is C14H20O5. The first-order valence-electron chi connectivity index (χ1n) is 5.97. The number of methoxy groups -OCH3 is 1. The molecule has 0 aliphatic carbocycles. The Morgan fingerprint density at radius 3 is 2.79 bits per heavy atom. The van der Waals surface area contributed by atoms with Crippen molar-refractivity contribution < 1.29 is 24.5 Å². The molecule has 0 amide bonds. The van der Waals surface area contributed by atoms with Crippen molar-refractivity contribution in [2.75, 3.05) is 26.9 Å². The standard InChI is InChI=1S/C14H20O5/c1-18-13(7-5-11-16)8-6-12-19-14(17)9-3-2-4-10-15/h2-4,9,13,15-16H,5,7,10-12H2,1H3/b4-2+,9-3+. The van der Waals surface area contributed by atoms with Gasteiger partial charge in [0.2, 0.25) is 0 Å². The van der Waals surface area contributed by atoms with Crippen LogP contribution in [0.4, 0.5) is 0 Å². The van der Waals surface area contributed by atoms with Gasteiger partial charge in [0.1, 0.15) is 6.10 Å². The van der Waals surface area contributed by atoms with E-state index < -0.39 is 5.97 Å². The van der Waals surface area contributed by atoms with E-state index in [1.165, 1.54) is 18.2 Å². The second kappa shape index (κ2) is 12.8. The molecule has 5 heteroatoms. The van der Waals surface area contributed by atoms with Gasteiger partial charge >= 0.3 is 5.97 Å². The SMILES string of the molecule is COC(C#CCOC(=O)/C=C/C=C/CO)CCCO. The molecule has 1 atom stereocenters. The van der Waals surface area contributed by atoms with Gasteiger partial charge in [-0.25, -0.2) is 4.79 Å². The highest BCUT2D eigenvalue weighted by Crippen LogP contribution is 1.98. The minimum atomic E-state index is -0.499. The van der Waals surface area contributed by atoms with Gasteiger partial charge in [0, 0.05) is 19.8 Å². The summed E-state index contributed by atoms with van der Waals surface area (Å²) in [6.07, 6.45) is 6.76. The molecule has 0 bridgehead atoms. The third kappa shape index (κ3) is 11.2. The van der Waals surface area contributed by atoms with E-state index in [2.05, 4.69) is 11.8 Å². The minimum absolute atomic E-state index is 0.00806. The number of rotatable bonds is 8. The van der Waals surface area contributed by atoms with Crippen LogP contribution in [0.3, 0.4) is 0 Å². The Kier molecular flexibility index (Phi) is 11.7. The molecule has 2 N–H and O–H groups in total. The van der Waals surface area contributed by atoms with Crippen LogP contribution in [-0.4, -0.2) is 49.2 Å². The summed E-state index contributed by atoms with van der Waals surface area (Å²) in [4.78, 5) is 11.2. The van der Waals surface area contributed by atoms with E-state index in [-0.39, 0.29) is 25.9 Å². The predicted octanol–water partition coefficient (Wildman–Crippen LogP) is 0.425. The molecule has 0 saturated carbocycles. The quantitative estimate of drug-likeness (QED) is 0.289. The summed E-state index contributed by atoms with van der Waals surface area (Å²) in [5.41, 5.74) is 0. The van der Waals surface area contributed by atoms with Crippen molar-refractivity contribution in [2.24, 2.45) is 0 Å². The van der Waals surface area contributed by atoms with Gasteiger partial charge in [0.15, 0.2) is 6.61 Å². The van der Waals surface area contributed by atoms with Crippen molar-refractivity contribution in [1.82, 2.24) is 0 Å². The molecule has 0 aliphatic rings. The summed E-state index contributed by atoms with van der Waals surface area (Å²) >= 11 is 0. The van der Waals surface area contributed by atoms with Crippen LogP contribution in [0.1, 0.15) is 12.8 Å². The Morgan fingerprint density at radius 1 is 1.37 bits per heavy atom. The number of carbonyl (C=O) groups is 1. The van der Waals surface area contributed by atoms with Crippen LogP contribution < -0.4 is 0 Å². The van der Waals surface area contributed by atoms with Crippen LogP contribution in [0.2, 0.25) is 0 Å². The van der Waals surface area contributed by atoms with E-state index in [1.807, 2.05) is 0 Å². The lowest BCUT2D eigenvalue weighted by Gasteiger charge is -2.06. The molecule has 0 aromatic carbocycles. The zero-order valence-electron chi connectivity index (χ0n) is 11.0. The van der Waals surface area contributed by atoms with Gasteiger partial charge < -0.3 is 19.7 Å². The van der Waals surface area contributed by atoms with E-state index >= 15 is 0 Å². The molecule has 0 spiro atoms. The summed E-state index contributed by atoms with van der Waals surface area (Å²) in [6, 6.07) is 0. The fourth-order valence-electron chi connectivity index (χ4n) is 1.11. The number of hydrogen-bond acceptors (Lipinski definition) is 5. The largest absolute Gasteiger partial charge is 0.449 e. The number of esters is 1.